The van der Waals surface area contributed by atoms with Gasteiger partial charge in [-0.25, -0.2) is 9.98 Å². The molecule has 3 heterocycles. The lowest BCUT2D eigenvalue weighted by Gasteiger charge is -2.27. The summed E-state index contributed by atoms with van der Waals surface area (Å²) < 4.78 is 2.10. The third-order valence-corrected chi connectivity index (χ3v) is 4.91. The molecule has 26 heavy (non-hydrogen) atoms. The molecule has 2 aliphatic rings. The lowest BCUT2D eigenvalue weighted by Crippen LogP contribution is -2.17. The summed E-state index contributed by atoms with van der Waals surface area (Å²) >= 11 is 0. The van der Waals surface area contributed by atoms with Crippen molar-refractivity contribution in [2.24, 2.45) is 4.99 Å². The molecule has 128 valence electrons. The molecular formula is C19H16N6O. The number of nitrogens with zero attached hydrogens (tertiary/aromatic N) is 5. The average Bonchev–Trinajstić information content (AvgIpc) is 3.22. The van der Waals surface area contributed by atoms with E-state index in [9.17, 15) is 4.79 Å². The Balaban J connectivity index is 1.48. The Morgan fingerprint density at radius 1 is 1.12 bits per heavy atom. The number of aromatic nitrogens is 4. The van der Waals surface area contributed by atoms with E-state index in [0.29, 0.717) is 23.1 Å². The lowest BCUT2D eigenvalue weighted by atomic mass is 9.93. The van der Waals surface area contributed by atoms with Crippen LogP contribution in [-0.2, 0) is 0 Å². The highest BCUT2D eigenvalue weighted by molar-refractivity contribution is 6.16. The first-order chi connectivity index (χ1) is 12.8. The van der Waals surface area contributed by atoms with Crippen molar-refractivity contribution in [1.82, 2.24) is 19.7 Å². The van der Waals surface area contributed by atoms with Gasteiger partial charge in [-0.05, 0) is 37.5 Å². The lowest BCUT2D eigenvalue weighted by molar-refractivity contribution is 0.101. The van der Waals surface area contributed by atoms with Crippen LogP contribution in [0.2, 0.25) is 0 Å². The van der Waals surface area contributed by atoms with E-state index in [4.69, 9.17) is 0 Å². The van der Waals surface area contributed by atoms with Gasteiger partial charge >= 0.3 is 0 Å². The number of aliphatic imine (C=N–C) groups is 1. The van der Waals surface area contributed by atoms with Crippen molar-refractivity contribution in [1.29, 1.82) is 0 Å². The number of benzene rings is 1. The molecule has 0 atom stereocenters. The summed E-state index contributed by atoms with van der Waals surface area (Å²) in [7, 11) is 0. The molecule has 0 saturated heterocycles. The molecule has 0 spiro atoms. The van der Waals surface area contributed by atoms with Gasteiger partial charge in [0, 0.05) is 17.8 Å². The smallest absolute Gasteiger partial charge is 0.279 e. The van der Waals surface area contributed by atoms with E-state index in [1.54, 1.807) is 12.5 Å². The molecule has 7 heteroatoms. The van der Waals surface area contributed by atoms with Crippen LogP contribution in [0.5, 0.6) is 0 Å². The van der Waals surface area contributed by atoms with Crippen molar-refractivity contribution in [3.8, 4) is 11.5 Å². The first kappa shape index (κ1) is 14.9. The highest BCUT2D eigenvalue weighted by Crippen LogP contribution is 2.34. The second-order valence-corrected chi connectivity index (χ2v) is 6.51. The average molecular weight is 344 g/mol. The topological polar surface area (TPSA) is 85.1 Å². The van der Waals surface area contributed by atoms with Gasteiger partial charge in [-0.1, -0.05) is 18.2 Å². The van der Waals surface area contributed by atoms with Crippen LogP contribution in [0, 0.1) is 0 Å². The highest BCUT2D eigenvalue weighted by atomic mass is 16.1. The van der Waals surface area contributed by atoms with Gasteiger partial charge in [0.05, 0.1) is 11.3 Å². The fourth-order valence-corrected chi connectivity index (χ4v) is 3.34. The first-order valence-corrected chi connectivity index (χ1v) is 8.65. The summed E-state index contributed by atoms with van der Waals surface area (Å²) in [6.45, 7) is 0. The number of pyridine rings is 1. The van der Waals surface area contributed by atoms with E-state index >= 15 is 0 Å². The second-order valence-electron chi connectivity index (χ2n) is 6.51. The fourth-order valence-electron chi connectivity index (χ4n) is 3.34. The SMILES string of the molecule is O=C1N=Cc2cccc(Nc3cccc(-c4nncn4C4CCC4)n3)c21. The molecule has 2 aromatic heterocycles. The van der Waals surface area contributed by atoms with Gasteiger partial charge < -0.3 is 9.88 Å². The largest absolute Gasteiger partial charge is 0.340 e. The Morgan fingerprint density at radius 3 is 2.85 bits per heavy atom. The minimum atomic E-state index is -0.232. The molecular weight excluding hydrogens is 328 g/mol. The van der Waals surface area contributed by atoms with Crippen LogP contribution in [0.1, 0.15) is 41.2 Å². The molecule has 0 radical (unpaired) electrons. The number of rotatable bonds is 4. The first-order valence-electron chi connectivity index (χ1n) is 8.65. The molecule has 0 unspecified atom stereocenters. The van der Waals surface area contributed by atoms with Gasteiger partial charge in [-0.2, -0.15) is 0 Å². The molecule has 0 bridgehead atoms. The van der Waals surface area contributed by atoms with Crippen LogP contribution in [-0.4, -0.2) is 31.9 Å². The summed E-state index contributed by atoms with van der Waals surface area (Å²) in [5.74, 6) is 1.19. The van der Waals surface area contributed by atoms with E-state index in [1.807, 2.05) is 36.4 Å². The Bertz CT molecular complexity index is 1030. The quantitative estimate of drug-likeness (QED) is 0.784. The number of fused-ring (bicyclic) bond motifs is 1. The van der Waals surface area contributed by atoms with Gasteiger partial charge in [0.1, 0.15) is 17.8 Å². The number of nitrogens with one attached hydrogen (secondary N) is 1. The predicted octanol–water partition coefficient (Wildman–Crippen LogP) is 3.38. The molecule has 1 aliphatic carbocycles. The van der Waals surface area contributed by atoms with Crippen LogP contribution in [0.15, 0.2) is 47.7 Å². The van der Waals surface area contributed by atoms with Crippen molar-refractivity contribution >= 4 is 23.6 Å². The molecule has 7 nitrogen and oxygen atoms in total. The summed E-state index contributed by atoms with van der Waals surface area (Å²) in [5.41, 5.74) is 2.86. The van der Waals surface area contributed by atoms with Crippen LogP contribution >= 0.6 is 0 Å². The maximum absolute atomic E-state index is 12.0. The zero-order valence-corrected chi connectivity index (χ0v) is 14.0. The van der Waals surface area contributed by atoms with Gasteiger partial charge in [0.2, 0.25) is 0 Å². The third kappa shape index (κ3) is 2.40. The summed E-state index contributed by atoms with van der Waals surface area (Å²) in [6.07, 6.45) is 6.92. The van der Waals surface area contributed by atoms with Crippen LogP contribution < -0.4 is 5.32 Å². The summed E-state index contributed by atoms with van der Waals surface area (Å²) in [6, 6.07) is 11.8. The van der Waals surface area contributed by atoms with Crippen molar-refractivity contribution < 1.29 is 4.79 Å². The normalized spacial score (nSPS) is 15.8. The zero-order chi connectivity index (χ0) is 17.5. The van der Waals surface area contributed by atoms with Crippen molar-refractivity contribution in [3.05, 3.63) is 53.9 Å². The minimum absolute atomic E-state index is 0.232. The monoisotopic (exact) mass is 344 g/mol. The molecule has 1 N–H and O–H groups in total. The maximum Gasteiger partial charge on any atom is 0.279 e. The summed E-state index contributed by atoms with van der Waals surface area (Å²) in [5, 5.41) is 11.6. The zero-order valence-electron chi connectivity index (χ0n) is 14.0. The number of carbonyl (C=O) groups excluding carboxylic acids is 1. The van der Waals surface area contributed by atoms with Crippen LogP contribution in [0.3, 0.4) is 0 Å². The number of hydrogen-bond donors (Lipinski definition) is 1. The Labute approximate surface area is 149 Å². The van der Waals surface area contributed by atoms with Gasteiger partial charge in [0.15, 0.2) is 5.82 Å². The van der Waals surface area contributed by atoms with Crippen LogP contribution in [0.25, 0.3) is 11.5 Å². The number of anilines is 2. The highest BCUT2D eigenvalue weighted by Gasteiger charge is 2.24. The summed E-state index contributed by atoms with van der Waals surface area (Å²) in [4.78, 5) is 20.6. The maximum atomic E-state index is 12.0. The molecule has 1 fully saturated rings. The number of hydrogen-bond acceptors (Lipinski definition) is 5. The Hall–Kier alpha value is -3.35. The van der Waals surface area contributed by atoms with E-state index in [1.165, 1.54) is 6.42 Å². The molecule has 1 saturated carbocycles. The predicted molar refractivity (Wildman–Crippen MR) is 97.8 cm³/mol. The number of carbonyl (C=O) groups is 1. The van der Waals surface area contributed by atoms with Crippen molar-refractivity contribution in [3.63, 3.8) is 0 Å². The molecule has 3 aromatic rings. The van der Waals surface area contributed by atoms with E-state index in [2.05, 4.69) is 30.1 Å². The molecule has 1 aromatic carbocycles. The Morgan fingerprint density at radius 2 is 2.00 bits per heavy atom. The number of amides is 1. The fraction of sp³-hybridized carbons (Fsp3) is 0.211. The van der Waals surface area contributed by atoms with Crippen LogP contribution in [0.4, 0.5) is 11.5 Å². The Kier molecular flexibility index (Phi) is 3.38. The van der Waals surface area contributed by atoms with Crippen molar-refractivity contribution in [2.75, 3.05) is 5.32 Å². The van der Waals surface area contributed by atoms with Gasteiger partial charge in [0.25, 0.3) is 5.91 Å². The van der Waals surface area contributed by atoms with E-state index < -0.39 is 0 Å². The van der Waals surface area contributed by atoms with Crippen molar-refractivity contribution in [2.45, 2.75) is 25.3 Å². The van der Waals surface area contributed by atoms with Gasteiger partial charge in [-0.3, -0.25) is 4.79 Å². The van der Waals surface area contributed by atoms with Gasteiger partial charge in [-0.15, -0.1) is 10.2 Å². The molecule has 1 amide bonds. The molecule has 1 aliphatic heterocycles. The van der Waals surface area contributed by atoms with E-state index in [0.717, 1.165) is 29.9 Å². The minimum Gasteiger partial charge on any atom is -0.340 e. The standard InChI is InChI=1S/C19H16N6O/c26-19-17-12(10-20-19)4-1-7-14(17)22-16-9-3-8-15(23-16)18-24-21-11-25(18)13-5-2-6-13/h1,3-4,7-11,13H,2,5-6H2,(H,22,23). The third-order valence-electron chi connectivity index (χ3n) is 4.91. The second kappa shape index (κ2) is 5.87. The van der Waals surface area contributed by atoms with E-state index in [-0.39, 0.29) is 5.91 Å². The molecule has 5 rings (SSSR count).